The first-order valence-corrected chi connectivity index (χ1v) is 12.5. The molecule has 0 saturated heterocycles. The monoisotopic (exact) mass is 537 g/mol. The van der Waals surface area contributed by atoms with Gasteiger partial charge in [0.1, 0.15) is 29.1 Å². The highest BCUT2D eigenvalue weighted by atomic mass is 35.5. The van der Waals surface area contributed by atoms with Gasteiger partial charge in [-0.15, -0.1) is 11.3 Å². The molecule has 4 rings (SSSR count). The van der Waals surface area contributed by atoms with Gasteiger partial charge in [-0.05, 0) is 50.4 Å². The summed E-state index contributed by atoms with van der Waals surface area (Å²) in [5.41, 5.74) is 6.48. The van der Waals surface area contributed by atoms with E-state index < -0.39 is 0 Å². The van der Waals surface area contributed by atoms with Gasteiger partial charge in [-0.1, -0.05) is 35.3 Å². The maximum absolute atomic E-state index is 9.21. The number of rotatable bonds is 8. The molecule has 1 aromatic carbocycles. The molecule has 10 heteroatoms. The fourth-order valence-electron chi connectivity index (χ4n) is 3.63. The Morgan fingerprint density at radius 2 is 2.03 bits per heavy atom. The summed E-state index contributed by atoms with van der Waals surface area (Å²) in [5, 5.41) is 22.8. The minimum Gasteiger partial charge on any atom is -0.499 e. The molecule has 0 bridgehead atoms. The van der Waals surface area contributed by atoms with Crippen LogP contribution < -0.4 is 10.1 Å². The van der Waals surface area contributed by atoms with Crippen LogP contribution in [0.1, 0.15) is 22.6 Å². The molecule has 7 nitrogen and oxygen atoms in total. The predicted octanol–water partition coefficient (Wildman–Crippen LogP) is 6.82. The molecule has 0 radical (unpaired) electrons. The second-order valence-electron chi connectivity index (χ2n) is 7.80. The first-order chi connectivity index (χ1) is 17.4. The highest BCUT2D eigenvalue weighted by Gasteiger charge is 2.16. The maximum Gasteiger partial charge on any atom is 0.194 e. The molecule has 0 saturated carbocycles. The average molecular weight is 538 g/mol. The number of pyridine rings is 2. The van der Waals surface area contributed by atoms with Crippen LogP contribution in [0.4, 0.5) is 0 Å². The van der Waals surface area contributed by atoms with E-state index in [1.807, 2.05) is 38.1 Å². The normalized spacial score (nSPS) is 11.7. The minimum atomic E-state index is -0.376. The summed E-state index contributed by atoms with van der Waals surface area (Å²) in [6.07, 6.45) is 4.43. The summed E-state index contributed by atoms with van der Waals surface area (Å²) < 4.78 is 6.24. The number of hydrogen-bond acceptors (Lipinski definition) is 8. The molecule has 0 fully saturated rings. The van der Waals surface area contributed by atoms with Crippen molar-refractivity contribution in [3.05, 3.63) is 92.8 Å². The molecule has 3 aromatic heterocycles. The summed E-state index contributed by atoms with van der Waals surface area (Å²) in [4.78, 5) is 14.4. The molecule has 0 atom stereocenters. The van der Waals surface area contributed by atoms with Crippen molar-refractivity contribution >= 4 is 45.4 Å². The quantitative estimate of drug-likeness (QED) is 0.110. The van der Waals surface area contributed by atoms with E-state index in [0.29, 0.717) is 22.5 Å². The Bertz CT molecular complexity index is 1530. The Hall–Kier alpha value is -3.64. The zero-order valence-corrected chi connectivity index (χ0v) is 21.7. The molecule has 182 valence electrons. The lowest BCUT2D eigenvalue weighted by Gasteiger charge is -2.15. The molecule has 3 heterocycles. The van der Waals surface area contributed by atoms with E-state index in [-0.39, 0.29) is 12.4 Å². The van der Waals surface area contributed by atoms with Crippen molar-refractivity contribution in [1.29, 1.82) is 5.26 Å². The van der Waals surface area contributed by atoms with E-state index in [4.69, 9.17) is 38.2 Å². The fraction of sp³-hybridized carbons (Fsp3) is 0.154. The zero-order chi connectivity index (χ0) is 25.7. The van der Waals surface area contributed by atoms with Crippen molar-refractivity contribution in [2.24, 2.45) is 0 Å². The SMILES string of the molecule is Cc1cc(Cl)c(COc2cccc3c(-c4scnc4Cl)cc(C)nc23)c(CN/C=C\C=C(/O)C#N)n1. The molecule has 0 aliphatic rings. The number of nitrogens with zero attached hydrogens (tertiary/aromatic N) is 4. The van der Waals surface area contributed by atoms with Crippen LogP contribution in [0.15, 0.2) is 60.0 Å². The van der Waals surface area contributed by atoms with Gasteiger partial charge in [0.15, 0.2) is 5.76 Å². The third kappa shape index (κ3) is 5.77. The van der Waals surface area contributed by atoms with E-state index in [1.54, 1.807) is 23.8 Å². The van der Waals surface area contributed by atoms with E-state index in [9.17, 15) is 5.11 Å². The van der Waals surface area contributed by atoms with Crippen LogP contribution in [-0.4, -0.2) is 20.1 Å². The van der Waals surface area contributed by atoms with Gasteiger partial charge < -0.3 is 15.2 Å². The Morgan fingerprint density at radius 1 is 1.22 bits per heavy atom. The molecular formula is C26H21Cl2N5O2S. The highest BCUT2D eigenvalue weighted by molar-refractivity contribution is 7.14. The van der Waals surface area contributed by atoms with E-state index in [2.05, 4.69) is 15.3 Å². The van der Waals surface area contributed by atoms with Crippen molar-refractivity contribution < 1.29 is 9.84 Å². The molecule has 36 heavy (non-hydrogen) atoms. The number of benzene rings is 1. The van der Waals surface area contributed by atoms with Gasteiger partial charge in [0.25, 0.3) is 0 Å². The first kappa shape index (κ1) is 25.5. The van der Waals surface area contributed by atoms with E-state index >= 15 is 0 Å². The van der Waals surface area contributed by atoms with Gasteiger partial charge in [0.2, 0.25) is 0 Å². The number of hydrogen-bond donors (Lipinski definition) is 2. The van der Waals surface area contributed by atoms with Gasteiger partial charge in [-0.25, -0.2) is 9.97 Å². The van der Waals surface area contributed by atoms with Crippen molar-refractivity contribution in [1.82, 2.24) is 20.3 Å². The highest BCUT2D eigenvalue weighted by Crippen LogP contribution is 2.38. The number of allylic oxidation sites excluding steroid dienone is 3. The summed E-state index contributed by atoms with van der Waals surface area (Å²) in [6.45, 7) is 4.36. The minimum absolute atomic E-state index is 0.188. The summed E-state index contributed by atoms with van der Waals surface area (Å²) in [6, 6.07) is 11.2. The molecule has 4 aromatic rings. The predicted molar refractivity (Wildman–Crippen MR) is 143 cm³/mol. The van der Waals surface area contributed by atoms with Gasteiger partial charge in [0, 0.05) is 27.9 Å². The number of aliphatic hydroxyl groups excluding tert-OH is 1. The number of fused-ring (bicyclic) bond motifs is 1. The van der Waals surface area contributed by atoms with Gasteiger partial charge in [0.05, 0.1) is 27.6 Å². The van der Waals surface area contributed by atoms with Gasteiger partial charge >= 0.3 is 0 Å². The molecule has 0 aliphatic carbocycles. The van der Waals surface area contributed by atoms with Crippen molar-refractivity contribution in [3.63, 3.8) is 0 Å². The molecule has 0 aliphatic heterocycles. The van der Waals surface area contributed by atoms with Gasteiger partial charge in [-0.2, -0.15) is 5.26 Å². The number of thiazole rings is 1. The summed E-state index contributed by atoms with van der Waals surface area (Å²) in [7, 11) is 0. The standard InChI is InChI=1S/C26H21Cl2N5O2S/c1-15-9-19(25-26(28)31-14-36-25)18-6-3-7-23(24(18)33-15)35-13-20-21(27)10-16(2)32-22(20)12-30-8-4-5-17(34)11-29/h3-10,14,30,34H,12-13H2,1-2H3/b8-4-,17-5-. The molecule has 0 unspecified atom stereocenters. The van der Waals surface area contributed by atoms with E-state index in [1.165, 1.54) is 23.5 Å². The third-order valence-corrected chi connectivity index (χ3v) is 6.80. The first-order valence-electron chi connectivity index (χ1n) is 10.8. The zero-order valence-electron chi connectivity index (χ0n) is 19.4. The Morgan fingerprint density at radius 3 is 2.78 bits per heavy atom. The molecular weight excluding hydrogens is 517 g/mol. The second-order valence-corrected chi connectivity index (χ2v) is 9.42. The number of ether oxygens (including phenoxy) is 1. The van der Waals surface area contributed by atoms with Crippen molar-refractivity contribution in [3.8, 4) is 22.3 Å². The van der Waals surface area contributed by atoms with Crippen LogP contribution >= 0.6 is 34.5 Å². The molecule has 0 spiro atoms. The van der Waals surface area contributed by atoms with E-state index in [0.717, 1.165) is 44.0 Å². The number of aryl methyl sites for hydroxylation is 2. The number of halogens is 2. The van der Waals surface area contributed by atoms with Crippen LogP contribution in [0.5, 0.6) is 5.75 Å². The second kappa shape index (κ2) is 11.4. The summed E-state index contributed by atoms with van der Waals surface area (Å²) >= 11 is 14.4. The van der Waals surface area contributed by atoms with Crippen LogP contribution in [0.2, 0.25) is 10.2 Å². The topological polar surface area (TPSA) is 104 Å². The Labute approximate surface area is 222 Å². The Kier molecular flexibility index (Phi) is 8.06. The Balaban J connectivity index is 1.62. The van der Waals surface area contributed by atoms with Gasteiger partial charge in [-0.3, -0.25) is 4.98 Å². The third-order valence-electron chi connectivity index (χ3n) is 5.21. The fourth-order valence-corrected chi connectivity index (χ4v) is 5.00. The summed E-state index contributed by atoms with van der Waals surface area (Å²) in [5.74, 6) is 0.240. The van der Waals surface area contributed by atoms with Crippen LogP contribution in [-0.2, 0) is 13.2 Å². The van der Waals surface area contributed by atoms with Crippen LogP contribution in [0, 0.1) is 25.2 Å². The number of nitriles is 1. The number of para-hydroxylation sites is 1. The number of nitrogens with one attached hydrogen (secondary N) is 1. The molecule has 2 N–H and O–H groups in total. The maximum atomic E-state index is 9.21. The lowest BCUT2D eigenvalue weighted by molar-refractivity contribution is 0.307. The van der Waals surface area contributed by atoms with Crippen LogP contribution in [0.25, 0.3) is 21.3 Å². The van der Waals surface area contributed by atoms with Crippen LogP contribution in [0.3, 0.4) is 0 Å². The smallest absolute Gasteiger partial charge is 0.194 e. The number of aromatic nitrogens is 3. The van der Waals surface area contributed by atoms with Crippen molar-refractivity contribution in [2.75, 3.05) is 0 Å². The average Bonchev–Trinajstić information content (AvgIpc) is 3.28. The lowest BCUT2D eigenvalue weighted by atomic mass is 10.1. The number of aliphatic hydroxyl groups is 1. The molecule has 0 amide bonds. The van der Waals surface area contributed by atoms with Crippen molar-refractivity contribution in [2.45, 2.75) is 27.0 Å². The lowest BCUT2D eigenvalue weighted by Crippen LogP contribution is -2.12. The largest absolute Gasteiger partial charge is 0.499 e.